The fraction of sp³-hybridized carbons (Fsp3) is 0.933. The Morgan fingerprint density at radius 3 is 2.46 bits per heavy atom. The van der Waals surface area contributed by atoms with Crippen LogP contribution >= 0.6 is 0 Å². The van der Waals surface area contributed by atoms with Crippen LogP contribution in [0.1, 0.15) is 20.8 Å². The number of aliphatic hydroxyl groups excluding tert-OH is 1. The van der Waals surface area contributed by atoms with Crippen molar-refractivity contribution in [2.45, 2.75) is 38.5 Å². The molecule has 1 amide bonds. The number of nitrogens with one attached hydrogen (secondary N) is 1. The number of amides is 1. The summed E-state index contributed by atoms with van der Waals surface area (Å²) < 4.78 is 42.4. The minimum Gasteiger partial charge on any atom is -0.394 e. The number of piperazine rings is 1. The van der Waals surface area contributed by atoms with Gasteiger partial charge in [0, 0.05) is 44.3 Å². The topological polar surface area (TPSA) is 65.0 Å². The van der Waals surface area contributed by atoms with E-state index in [0.29, 0.717) is 26.2 Å². The van der Waals surface area contributed by atoms with Crippen LogP contribution in [0.25, 0.3) is 0 Å². The average molecular weight is 355 g/mol. The van der Waals surface area contributed by atoms with Crippen molar-refractivity contribution >= 4 is 5.91 Å². The fourth-order valence-corrected chi connectivity index (χ4v) is 2.65. The Hall–Kier alpha value is -0.900. The second-order valence-electron chi connectivity index (χ2n) is 6.85. The van der Waals surface area contributed by atoms with Gasteiger partial charge in [-0.1, -0.05) is 0 Å². The molecule has 1 saturated heterocycles. The molecule has 1 heterocycles. The van der Waals surface area contributed by atoms with Crippen molar-refractivity contribution in [3.05, 3.63) is 0 Å². The van der Waals surface area contributed by atoms with Crippen molar-refractivity contribution in [1.29, 1.82) is 0 Å². The number of rotatable bonds is 7. The Bertz CT molecular complexity index is 400. The lowest BCUT2D eigenvalue weighted by Crippen LogP contribution is -2.61. The maximum absolute atomic E-state index is 12.4. The Labute approximate surface area is 140 Å². The average Bonchev–Trinajstić information content (AvgIpc) is 2.47. The third kappa shape index (κ3) is 6.92. The molecule has 0 aromatic heterocycles. The molecule has 1 aliphatic rings. The van der Waals surface area contributed by atoms with Gasteiger partial charge in [0.1, 0.15) is 0 Å². The fourth-order valence-electron chi connectivity index (χ4n) is 2.65. The predicted molar refractivity (Wildman–Crippen MR) is 83.7 cm³/mol. The summed E-state index contributed by atoms with van der Waals surface area (Å²) in [6.45, 7) is 9.26. The van der Waals surface area contributed by atoms with E-state index in [9.17, 15) is 18.0 Å². The number of aliphatic hydroxyl groups is 1. The number of alkyl halides is 3. The van der Waals surface area contributed by atoms with Crippen LogP contribution in [0.15, 0.2) is 0 Å². The van der Waals surface area contributed by atoms with Gasteiger partial charge in [-0.2, -0.15) is 13.2 Å². The Kier molecular flexibility index (Phi) is 7.91. The third-order valence-corrected chi connectivity index (χ3v) is 4.07. The zero-order chi connectivity index (χ0) is 18.4. The maximum atomic E-state index is 12.4. The van der Waals surface area contributed by atoms with E-state index < -0.39 is 12.1 Å². The first-order valence-electron chi connectivity index (χ1n) is 8.08. The molecule has 2 N–H and O–H groups in total. The molecule has 1 fully saturated rings. The van der Waals surface area contributed by atoms with Gasteiger partial charge in [-0.15, -0.1) is 0 Å². The van der Waals surface area contributed by atoms with Crippen LogP contribution in [-0.2, 0) is 9.53 Å². The zero-order valence-electron chi connectivity index (χ0n) is 14.5. The third-order valence-electron chi connectivity index (χ3n) is 4.07. The lowest BCUT2D eigenvalue weighted by Gasteiger charge is -2.46. The molecule has 1 unspecified atom stereocenters. The SMILES string of the molecule is CC(C)(C)N1CCN(CCOCCO)C(CNC(=O)C(F)(F)F)C1. The molecule has 0 bridgehead atoms. The molecule has 24 heavy (non-hydrogen) atoms. The molecule has 1 rings (SSSR count). The summed E-state index contributed by atoms with van der Waals surface area (Å²) in [6, 6.07) is -0.220. The van der Waals surface area contributed by atoms with Gasteiger partial charge in [0.15, 0.2) is 0 Å². The highest BCUT2D eigenvalue weighted by Gasteiger charge is 2.39. The van der Waals surface area contributed by atoms with E-state index in [2.05, 4.69) is 25.7 Å². The summed E-state index contributed by atoms with van der Waals surface area (Å²) in [5.41, 5.74) is -0.0915. The van der Waals surface area contributed by atoms with Crippen LogP contribution in [0.3, 0.4) is 0 Å². The second-order valence-corrected chi connectivity index (χ2v) is 6.85. The van der Waals surface area contributed by atoms with Crippen LogP contribution < -0.4 is 5.32 Å². The number of hydrogen-bond acceptors (Lipinski definition) is 5. The quantitative estimate of drug-likeness (QED) is 0.650. The summed E-state index contributed by atoms with van der Waals surface area (Å²) in [6.07, 6.45) is -4.87. The maximum Gasteiger partial charge on any atom is 0.471 e. The predicted octanol–water partition coefficient (Wildman–Crippen LogP) is 0.459. The number of nitrogens with zero attached hydrogens (tertiary/aromatic N) is 2. The molecule has 1 atom stereocenters. The highest BCUT2D eigenvalue weighted by atomic mass is 19.4. The molecular weight excluding hydrogens is 327 g/mol. The first-order valence-corrected chi connectivity index (χ1v) is 8.08. The highest BCUT2D eigenvalue weighted by molar-refractivity contribution is 5.81. The number of ether oxygens (including phenoxy) is 1. The van der Waals surface area contributed by atoms with Gasteiger partial charge >= 0.3 is 12.1 Å². The Balaban J connectivity index is 2.62. The van der Waals surface area contributed by atoms with E-state index in [1.54, 1.807) is 0 Å². The van der Waals surface area contributed by atoms with Crippen molar-refractivity contribution in [3.8, 4) is 0 Å². The minimum atomic E-state index is -4.87. The van der Waals surface area contributed by atoms with Crippen molar-refractivity contribution < 1.29 is 27.8 Å². The van der Waals surface area contributed by atoms with Gasteiger partial charge in [0.2, 0.25) is 0 Å². The van der Waals surface area contributed by atoms with Crippen LogP contribution in [-0.4, -0.2) is 91.1 Å². The number of hydrogen-bond donors (Lipinski definition) is 2. The molecule has 0 aromatic carbocycles. The van der Waals surface area contributed by atoms with Gasteiger partial charge in [0.25, 0.3) is 0 Å². The van der Waals surface area contributed by atoms with Crippen molar-refractivity contribution in [2.75, 3.05) is 52.5 Å². The normalized spacial score (nSPS) is 21.0. The molecule has 142 valence electrons. The molecule has 0 aliphatic carbocycles. The molecular formula is C15H28F3N3O3. The lowest BCUT2D eigenvalue weighted by molar-refractivity contribution is -0.174. The summed E-state index contributed by atoms with van der Waals surface area (Å²) in [5, 5.41) is 10.7. The standard InChI is InChI=1S/C15H28F3N3O3/c1-14(2,3)21-5-4-20(6-8-24-9-7-22)12(11-21)10-19-13(23)15(16,17)18/h12,22H,4-11H2,1-3H3,(H,19,23). The van der Waals surface area contributed by atoms with E-state index in [1.165, 1.54) is 0 Å². The first-order chi connectivity index (χ1) is 11.1. The van der Waals surface area contributed by atoms with Crippen molar-refractivity contribution in [1.82, 2.24) is 15.1 Å². The monoisotopic (exact) mass is 355 g/mol. The van der Waals surface area contributed by atoms with Gasteiger partial charge in [-0.05, 0) is 20.8 Å². The molecule has 0 radical (unpaired) electrons. The summed E-state index contributed by atoms with van der Waals surface area (Å²) in [5.74, 6) is -1.91. The van der Waals surface area contributed by atoms with E-state index in [0.717, 1.165) is 6.54 Å². The van der Waals surface area contributed by atoms with Crippen LogP contribution in [0.4, 0.5) is 13.2 Å². The van der Waals surface area contributed by atoms with Gasteiger partial charge in [-0.25, -0.2) is 0 Å². The van der Waals surface area contributed by atoms with Gasteiger partial charge < -0.3 is 15.2 Å². The van der Waals surface area contributed by atoms with Crippen molar-refractivity contribution in [2.24, 2.45) is 0 Å². The molecule has 1 aliphatic heterocycles. The Morgan fingerprint density at radius 1 is 1.25 bits per heavy atom. The molecule has 9 heteroatoms. The molecule has 6 nitrogen and oxygen atoms in total. The van der Waals surface area contributed by atoms with Crippen LogP contribution in [0.5, 0.6) is 0 Å². The van der Waals surface area contributed by atoms with Crippen LogP contribution in [0.2, 0.25) is 0 Å². The highest BCUT2D eigenvalue weighted by Crippen LogP contribution is 2.20. The molecule has 0 saturated carbocycles. The summed E-state index contributed by atoms with van der Waals surface area (Å²) in [4.78, 5) is 15.3. The second kappa shape index (κ2) is 8.98. The summed E-state index contributed by atoms with van der Waals surface area (Å²) in [7, 11) is 0. The smallest absolute Gasteiger partial charge is 0.394 e. The number of carbonyl (C=O) groups is 1. The summed E-state index contributed by atoms with van der Waals surface area (Å²) >= 11 is 0. The van der Waals surface area contributed by atoms with Crippen molar-refractivity contribution in [3.63, 3.8) is 0 Å². The first kappa shape index (κ1) is 21.1. The van der Waals surface area contributed by atoms with E-state index in [-0.39, 0.29) is 31.3 Å². The zero-order valence-corrected chi connectivity index (χ0v) is 14.5. The largest absolute Gasteiger partial charge is 0.471 e. The minimum absolute atomic E-state index is 0.0646. The van der Waals surface area contributed by atoms with Gasteiger partial charge in [-0.3, -0.25) is 14.6 Å². The number of halogens is 3. The molecule has 0 aromatic rings. The van der Waals surface area contributed by atoms with Gasteiger partial charge in [0.05, 0.1) is 19.8 Å². The van der Waals surface area contributed by atoms with E-state index >= 15 is 0 Å². The van der Waals surface area contributed by atoms with Crippen LogP contribution in [0, 0.1) is 0 Å². The number of carbonyl (C=O) groups excluding carboxylic acids is 1. The van der Waals surface area contributed by atoms with E-state index in [4.69, 9.17) is 9.84 Å². The molecule has 0 spiro atoms. The van der Waals surface area contributed by atoms with E-state index in [1.807, 2.05) is 10.2 Å². The Morgan fingerprint density at radius 2 is 1.92 bits per heavy atom. The lowest BCUT2D eigenvalue weighted by atomic mass is 10.0.